The maximum atomic E-state index is 12.4. The van der Waals surface area contributed by atoms with Gasteiger partial charge in [0, 0.05) is 10.5 Å². The molecule has 108 valence electrons. The molecule has 1 saturated carbocycles. The normalized spacial score (nSPS) is 17.3. The zero-order valence-electron chi connectivity index (χ0n) is 11.4. The number of carboxylic acid groups (broad SMARTS) is 1. The van der Waals surface area contributed by atoms with Gasteiger partial charge in [-0.25, -0.2) is 0 Å². The zero-order chi connectivity index (χ0) is 14.8. The van der Waals surface area contributed by atoms with E-state index >= 15 is 0 Å². The molecule has 0 saturated heterocycles. The molecule has 4 nitrogen and oxygen atoms in total. The summed E-state index contributed by atoms with van der Waals surface area (Å²) in [5, 5.41) is 11.7. The largest absolute Gasteiger partial charge is 0.481 e. The summed E-state index contributed by atoms with van der Waals surface area (Å²) in [6, 6.07) is 7.46. The first-order chi connectivity index (χ1) is 9.48. The highest BCUT2D eigenvalue weighted by atomic mass is 79.9. The second-order valence-electron chi connectivity index (χ2n) is 5.27. The number of carbonyl (C=O) groups is 2. The number of hydrogen-bond donors (Lipinski definition) is 2. The third kappa shape index (κ3) is 3.20. The van der Waals surface area contributed by atoms with Gasteiger partial charge in [-0.15, -0.1) is 0 Å². The molecule has 1 aliphatic carbocycles. The Morgan fingerprint density at radius 3 is 2.40 bits per heavy atom. The van der Waals surface area contributed by atoms with Crippen molar-refractivity contribution in [3.8, 4) is 0 Å². The quantitative estimate of drug-likeness (QED) is 0.837. The summed E-state index contributed by atoms with van der Waals surface area (Å²) in [6.45, 7) is 1.88. The number of benzene rings is 1. The summed E-state index contributed by atoms with van der Waals surface area (Å²) in [4.78, 5) is 23.2. The van der Waals surface area contributed by atoms with E-state index in [0.29, 0.717) is 6.42 Å². The van der Waals surface area contributed by atoms with Gasteiger partial charge in [0.25, 0.3) is 0 Å². The van der Waals surface area contributed by atoms with Crippen molar-refractivity contribution in [3.63, 3.8) is 0 Å². The standard InChI is InChI=1S/C15H18BrNO3/c1-2-12(9-13(18)19)17-14(20)15(7-8-15)10-3-5-11(16)6-4-10/h3-6,12H,2,7-9H2,1H3,(H,17,20)(H,18,19). The second kappa shape index (κ2) is 5.95. The van der Waals surface area contributed by atoms with Crippen molar-refractivity contribution in [1.29, 1.82) is 0 Å². The number of hydrogen-bond acceptors (Lipinski definition) is 2. The Morgan fingerprint density at radius 1 is 1.35 bits per heavy atom. The van der Waals surface area contributed by atoms with Crippen molar-refractivity contribution < 1.29 is 14.7 Å². The number of amides is 1. The molecule has 1 aliphatic rings. The van der Waals surface area contributed by atoms with E-state index in [1.54, 1.807) is 0 Å². The molecular weight excluding hydrogens is 322 g/mol. The minimum Gasteiger partial charge on any atom is -0.481 e. The molecule has 1 aromatic carbocycles. The summed E-state index contributed by atoms with van der Waals surface area (Å²) in [5.41, 5.74) is 0.551. The van der Waals surface area contributed by atoms with Gasteiger partial charge in [-0.3, -0.25) is 9.59 Å². The molecule has 0 heterocycles. The van der Waals surface area contributed by atoms with Gasteiger partial charge in [0.15, 0.2) is 0 Å². The predicted octanol–water partition coefficient (Wildman–Crippen LogP) is 2.85. The van der Waals surface area contributed by atoms with Crippen LogP contribution in [-0.2, 0) is 15.0 Å². The number of carboxylic acids is 1. The van der Waals surface area contributed by atoms with Crippen molar-refractivity contribution in [2.45, 2.75) is 44.1 Å². The van der Waals surface area contributed by atoms with E-state index in [2.05, 4.69) is 21.2 Å². The van der Waals surface area contributed by atoms with Crippen LogP contribution in [-0.4, -0.2) is 23.0 Å². The van der Waals surface area contributed by atoms with Gasteiger partial charge in [-0.05, 0) is 37.0 Å². The Morgan fingerprint density at radius 2 is 1.95 bits per heavy atom. The fraction of sp³-hybridized carbons (Fsp3) is 0.467. The smallest absolute Gasteiger partial charge is 0.305 e. The second-order valence-corrected chi connectivity index (χ2v) is 6.18. The van der Waals surface area contributed by atoms with Crippen LogP contribution in [0.5, 0.6) is 0 Å². The number of halogens is 1. The molecule has 0 bridgehead atoms. The number of carbonyl (C=O) groups excluding carboxylic acids is 1. The zero-order valence-corrected chi connectivity index (χ0v) is 12.9. The first kappa shape index (κ1) is 15.0. The van der Waals surface area contributed by atoms with E-state index < -0.39 is 11.4 Å². The molecule has 1 amide bonds. The average Bonchev–Trinajstić information content (AvgIpc) is 3.19. The fourth-order valence-electron chi connectivity index (χ4n) is 2.37. The lowest BCUT2D eigenvalue weighted by molar-refractivity contribution is -0.137. The van der Waals surface area contributed by atoms with E-state index in [0.717, 1.165) is 22.9 Å². The molecule has 0 aliphatic heterocycles. The molecule has 1 fully saturated rings. The molecule has 5 heteroatoms. The molecule has 0 radical (unpaired) electrons. The molecule has 0 aromatic heterocycles. The van der Waals surface area contributed by atoms with E-state index in [9.17, 15) is 9.59 Å². The minimum atomic E-state index is -0.884. The monoisotopic (exact) mass is 339 g/mol. The lowest BCUT2D eigenvalue weighted by Gasteiger charge is -2.21. The first-order valence-electron chi connectivity index (χ1n) is 6.77. The van der Waals surface area contributed by atoms with Crippen molar-refractivity contribution in [2.24, 2.45) is 0 Å². The SMILES string of the molecule is CCC(CC(=O)O)NC(=O)C1(c2ccc(Br)cc2)CC1. The maximum absolute atomic E-state index is 12.4. The summed E-state index contributed by atoms with van der Waals surface area (Å²) < 4.78 is 0.981. The van der Waals surface area contributed by atoms with Crippen molar-refractivity contribution >= 4 is 27.8 Å². The molecule has 1 atom stereocenters. The highest BCUT2D eigenvalue weighted by Crippen LogP contribution is 2.48. The number of nitrogens with one attached hydrogen (secondary N) is 1. The molecule has 1 unspecified atom stereocenters. The van der Waals surface area contributed by atoms with E-state index in [1.807, 2.05) is 31.2 Å². The van der Waals surface area contributed by atoms with Gasteiger partial charge in [-0.2, -0.15) is 0 Å². The summed E-state index contributed by atoms with van der Waals surface area (Å²) in [5.74, 6) is -0.932. The van der Waals surface area contributed by atoms with Gasteiger partial charge in [0.2, 0.25) is 5.91 Å². The minimum absolute atomic E-state index is 0.0291. The summed E-state index contributed by atoms with van der Waals surface area (Å²) in [6.07, 6.45) is 2.24. The van der Waals surface area contributed by atoms with E-state index in [4.69, 9.17) is 5.11 Å². The van der Waals surface area contributed by atoms with Gasteiger partial charge in [0.1, 0.15) is 0 Å². The Labute approximate surface area is 126 Å². The highest BCUT2D eigenvalue weighted by molar-refractivity contribution is 9.10. The highest BCUT2D eigenvalue weighted by Gasteiger charge is 2.51. The van der Waals surface area contributed by atoms with Gasteiger partial charge < -0.3 is 10.4 Å². The molecule has 2 rings (SSSR count). The molecule has 20 heavy (non-hydrogen) atoms. The summed E-state index contributed by atoms with van der Waals surface area (Å²) in [7, 11) is 0. The van der Waals surface area contributed by atoms with Crippen LogP contribution < -0.4 is 5.32 Å². The topological polar surface area (TPSA) is 66.4 Å². The van der Waals surface area contributed by atoms with Crippen LogP contribution in [0.4, 0.5) is 0 Å². The van der Waals surface area contributed by atoms with Crippen LogP contribution in [0.2, 0.25) is 0 Å². The Hall–Kier alpha value is -1.36. The average molecular weight is 340 g/mol. The van der Waals surface area contributed by atoms with E-state index in [1.165, 1.54) is 0 Å². The van der Waals surface area contributed by atoms with Crippen LogP contribution in [0, 0.1) is 0 Å². The lowest BCUT2D eigenvalue weighted by Crippen LogP contribution is -2.42. The van der Waals surface area contributed by atoms with Crippen LogP contribution in [0.1, 0.15) is 38.2 Å². The van der Waals surface area contributed by atoms with Gasteiger partial charge in [-0.1, -0.05) is 35.0 Å². The van der Waals surface area contributed by atoms with Crippen LogP contribution in [0.25, 0.3) is 0 Å². The Bertz CT molecular complexity index is 508. The van der Waals surface area contributed by atoms with Crippen molar-refractivity contribution in [1.82, 2.24) is 5.32 Å². The first-order valence-corrected chi connectivity index (χ1v) is 7.56. The van der Waals surface area contributed by atoms with Crippen LogP contribution >= 0.6 is 15.9 Å². The molecular formula is C15H18BrNO3. The predicted molar refractivity (Wildman–Crippen MR) is 79.5 cm³/mol. The summed E-state index contributed by atoms with van der Waals surface area (Å²) >= 11 is 3.38. The van der Waals surface area contributed by atoms with Crippen molar-refractivity contribution in [3.05, 3.63) is 34.3 Å². The van der Waals surface area contributed by atoms with Gasteiger partial charge in [0.05, 0.1) is 11.8 Å². The molecule has 2 N–H and O–H groups in total. The maximum Gasteiger partial charge on any atom is 0.305 e. The molecule has 1 aromatic rings. The Kier molecular flexibility index (Phi) is 4.48. The lowest BCUT2D eigenvalue weighted by atomic mass is 9.94. The fourth-order valence-corrected chi connectivity index (χ4v) is 2.64. The third-order valence-electron chi connectivity index (χ3n) is 3.83. The van der Waals surface area contributed by atoms with Crippen LogP contribution in [0.3, 0.4) is 0 Å². The van der Waals surface area contributed by atoms with Crippen molar-refractivity contribution in [2.75, 3.05) is 0 Å². The number of aliphatic carboxylic acids is 1. The van der Waals surface area contributed by atoms with Crippen LogP contribution in [0.15, 0.2) is 28.7 Å². The Balaban J connectivity index is 2.08. The van der Waals surface area contributed by atoms with E-state index in [-0.39, 0.29) is 18.4 Å². The third-order valence-corrected chi connectivity index (χ3v) is 4.36. The molecule has 0 spiro atoms. The number of rotatable bonds is 6. The van der Waals surface area contributed by atoms with Gasteiger partial charge >= 0.3 is 5.97 Å².